The third kappa shape index (κ3) is 3.35. The predicted octanol–water partition coefficient (Wildman–Crippen LogP) is 5.48. The molecule has 1 aromatic heterocycles. The zero-order chi connectivity index (χ0) is 18.2. The maximum absolute atomic E-state index is 13.0. The number of carbonyl (C=O) groups is 1. The van der Waals surface area contributed by atoms with E-state index < -0.39 is 17.7 Å². The largest absolute Gasteiger partial charge is 0.461 e. The Morgan fingerprint density at radius 1 is 1.16 bits per heavy atom. The van der Waals surface area contributed by atoms with Gasteiger partial charge in [-0.25, -0.2) is 4.79 Å². The van der Waals surface area contributed by atoms with Gasteiger partial charge in [-0.1, -0.05) is 17.7 Å². The van der Waals surface area contributed by atoms with E-state index in [-0.39, 0.29) is 18.0 Å². The molecule has 2 aromatic carbocycles. The van der Waals surface area contributed by atoms with Crippen molar-refractivity contribution in [3.05, 3.63) is 64.8 Å². The number of esters is 1. The van der Waals surface area contributed by atoms with Crippen LogP contribution < -0.4 is 0 Å². The summed E-state index contributed by atoms with van der Waals surface area (Å²) in [6.07, 6.45) is -4.48. The van der Waals surface area contributed by atoms with Crippen molar-refractivity contribution in [3.63, 3.8) is 0 Å². The molecule has 0 unspecified atom stereocenters. The first kappa shape index (κ1) is 17.4. The molecule has 130 valence electrons. The average molecular weight is 368 g/mol. The van der Waals surface area contributed by atoms with E-state index in [0.717, 1.165) is 12.1 Å². The van der Waals surface area contributed by atoms with Crippen molar-refractivity contribution in [3.8, 4) is 5.69 Å². The smallest absolute Gasteiger partial charge is 0.416 e. The van der Waals surface area contributed by atoms with Crippen LogP contribution in [0.2, 0.25) is 5.02 Å². The predicted molar refractivity (Wildman–Crippen MR) is 89.2 cm³/mol. The number of hydrogen-bond donors (Lipinski definition) is 0. The van der Waals surface area contributed by atoms with Gasteiger partial charge in [0.2, 0.25) is 0 Å². The van der Waals surface area contributed by atoms with Gasteiger partial charge < -0.3 is 9.30 Å². The van der Waals surface area contributed by atoms with Gasteiger partial charge in [-0.05, 0) is 49.4 Å². The van der Waals surface area contributed by atoms with Crippen molar-refractivity contribution in [2.45, 2.75) is 13.1 Å². The first-order chi connectivity index (χ1) is 11.8. The Labute approximate surface area is 146 Å². The Hall–Kier alpha value is -2.47. The Bertz CT molecular complexity index is 947. The van der Waals surface area contributed by atoms with E-state index in [9.17, 15) is 18.0 Å². The van der Waals surface area contributed by atoms with Gasteiger partial charge in [0.05, 0.1) is 17.7 Å². The van der Waals surface area contributed by atoms with Gasteiger partial charge in [-0.2, -0.15) is 13.2 Å². The second kappa shape index (κ2) is 6.44. The number of rotatable bonds is 3. The molecule has 3 rings (SSSR count). The number of aromatic nitrogens is 1. The zero-order valence-electron chi connectivity index (χ0n) is 13.1. The highest BCUT2D eigenvalue weighted by molar-refractivity contribution is 6.31. The van der Waals surface area contributed by atoms with E-state index in [1.165, 1.54) is 16.7 Å². The number of carbonyl (C=O) groups excluding carboxylic acids is 1. The quantitative estimate of drug-likeness (QED) is 0.574. The lowest BCUT2D eigenvalue weighted by Crippen LogP contribution is -2.12. The molecule has 3 nitrogen and oxygen atoms in total. The minimum atomic E-state index is -4.48. The summed E-state index contributed by atoms with van der Waals surface area (Å²) in [5.41, 5.74) is 0.121. The number of fused-ring (bicyclic) bond motifs is 1. The van der Waals surface area contributed by atoms with Crippen LogP contribution in [0.3, 0.4) is 0 Å². The number of benzene rings is 2. The van der Waals surface area contributed by atoms with Gasteiger partial charge in [0.1, 0.15) is 5.69 Å². The number of nitrogens with zero attached hydrogens (tertiary/aromatic N) is 1. The van der Waals surface area contributed by atoms with E-state index in [2.05, 4.69) is 0 Å². The van der Waals surface area contributed by atoms with Crippen LogP contribution in [0.15, 0.2) is 48.5 Å². The van der Waals surface area contributed by atoms with Crippen molar-refractivity contribution < 1.29 is 22.7 Å². The van der Waals surface area contributed by atoms with E-state index in [1.807, 2.05) is 0 Å². The van der Waals surface area contributed by atoms with Gasteiger partial charge >= 0.3 is 12.1 Å². The highest BCUT2D eigenvalue weighted by atomic mass is 35.5. The summed E-state index contributed by atoms with van der Waals surface area (Å²) in [6.45, 7) is 1.82. The lowest BCUT2D eigenvalue weighted by atomic mass is 10.2. The van der Waals surface area contributed by atoms with Crippen molar-refractivity contribution >= 4 is 28.5 Å². The fraction of sp³-hybridized carbons (Fsp3) is 0.167. The second-order valence-corrected chi connectivity index (χ2v) is 5.77. The minimum Gasteiger partial charge on any atom is -0.461 e. The fourth-order valence-corrected chi connectivity index (χ4v) is 2.82. The van der Waals surface area contributed by atoms with Gasteiger partial charge in [0.25, 0.3) is 0 Å². The molecule has 0 amide bonds. The Balaban J connectivity index is 2.27. The summed E-state index contributed by atoms with van der Waals surface area (Å²) in [4.78, 5) is 12.3. The topological polar surface area (TPSA) is 31.2 Å². The summed E-state index contributed by atoms with van der Waals surface area (Å²) in [5, 5.41) is 1.09. The number of alkyl halides is 3. The maximum atomic E-state index is 13.0. The summed E-state index contributed by atoms with van der Waals surface area (Å²) in [7, 11) is 0. The first-order valence-corrected chi connectivity index (χ1v) is 7.85. The van der Waals surface area contributed by atoms with Crippen LogP contribution in [0.5, 0.6) is 0 Å². The highest BCUT2D eigenvalue weighted by Crippen LogP contribution is 2.33. The number of ether oxygens (including phenoxy) is 1. The SMILES string of the molecule is CCOC(=O)c1cc2cc(Cl)ccc2n1-c1cccc(C(F)(F)F)c1. The molecule has 0 aliphatic carbocycles. The molecular formula is C18H13ClF3NO2. The van der Waals surface area contributed by atoms with Crippen LogP contribution in [-0.2, 0) is 10.9 Å². The van der Waals surface area contributed by atoms with Crippen molar-refractivity contribution in [2.24, 2.45) is 0 Å². The number of hydrogen-bond acceptors (Lipinski definition) is 2. The molecular weight excluding hydrogens is 355 g/mol. The van der Waals surface area contributed by atoms with Crippen LogP contribution in [0, 0.1) is 0 Å². The molecule has 0 radical (unpaired) electrons. The van der Waals surface area contributed by atoms with Crippen LogP contribution in [0.4, 0.5) is 13.2 Å². The average Bonchev–Trinajstić information content (AvgIpc) is 2.93. The van der Waals surface area contributed by atoms with Crippen LogP contribution in [0.25, 0.3) is 16.6 Å². The van der Waals surface area contributed by atoms with Crippen molar-refractivity contribution in [2.75, 3.05) is 6.61 Å². The monoisotopic (exact) mass is 367 g/mol. The molecule has 7 heteroatoms. The molecule has 0 aliphatic rings. The zero-order valence-corrected chi connectivity index (χ0v) is 13.9. The first-order valence-electron chi connectivity index (χ1n) is 7.47. The Kier molecular flexibility index (Phi) is 4.47. The normalized spacial score (nSPS) is 11.7. The van der Waals surface area contributed by atoms with E-state index in [1.54, 1.807) is 31.2 Å². The molecule has 0 N–H and O–H groups in total. The molecule has 0 fully saturated rings. The van der Waals surface area contributed by atoms with Crippen LogP contribution >= 0.6 is 11.6 Å². The number of halogens is 4. The van der Waals surface area contributed by atoms with Crippen LogP contribution in [-0.4, -0.2) is 17.1 Å². The van der Waals surface area contributed by atoms with E-state index in [0.29, 0.717) is 15.9 Å². The van der Waals surface area contributed by atoms with Crippen molar-refractivity contribution in [1.82, 2.24) is 4.57 Å². The summed E-state index contributed by atoms with van der Waals surface area (Å²) in [6, 6.07) is 11.3. The summed E-state index contributed by atoms with van der Waals surface area (Å²) >= 11 is 5.98. The standard InChI is InChI=1S/C18H13ClF3NO2/c1-2-25-17(24)16-9-11-8-13(19)6-7-15(11)23(16)14-5-3-4-12(10-14)18(20,21)22/h3-10H,2H2,1H3. The molecule has 0 aliphatic heterocycles. The molecule has 1 heterocycles. The molecule has 0 bridgehead atoms. The second-order valence-electron chi connectivity index (χ2n) is 5.34. The molecule has 0 atom stereocenters. The third-order valence-corrected chi connectivity index (χ3v) is 3.91. The molecule has 0 saturated heterocycles. The fourth-order valence-electron chi connectivity index (χ4n) is 2.64. The van der Waals surface area contributed by atoms with E-state index in [4.69, 9.17) is 16.3 Å². The molecule has 0 spiro atoms. The van der Waals surface area contributed by atoms with Crippen LogP contribution in [0.1, 0.15) is 23.0 Å². The summed E-state index contributed by atoms with van der Waals surface area (Å²) in [5.74, 6) is -0.618. The lowest BCUT2D eigenvalue weighted by molar-refractivity contribution is -0.137. The van der Waals surface area contributed by atoms with Gasteiger partial charge in [0.15, 0.2) is 0 Å². The Morgan fingerprint density at radius 3 is 2.60 bits per heavy atom. The Morgan fingerprint density at radius 2 is 1.92 bits per heavy atom. The maximum Gasteiger partial charge on any atom is 0.416 e. The minimum absolute atomic E-state index is 0.137. The molecule has 25 heavy (non-hydrogen) atoms. The third-order valence-electron chi connectivity index (χ3n) is 3.68. The molecule has 0 saturated carbocycles. The summed E-state index contributed by atoms with van der Waals surface area (Å²) < 4.78 is 45.6. The molecule has 3 aromatic rings. The van der Waals surface area contributed by atoms with E-state index >= 15 is 0 Å². The highest BCUT2D eigenvalue weighted by Gasteiger charge is 2.31. The van der Waals surface area contributed by atoms with Gasteiger partial charge in [-0.3, -0.25) is 0 Å². The lowest BCUT2D eigenvalue weighted by Gasteiger charge is -2.13. The van der Waals surface area contributed by atoms with Crippen molar-refractivity contribution in [1.29, 1.82) is 0 Å². The van der Waals surface area contributed by atoms with Gasteiger partial charge in [0, 0.05) is 16.1 Å². The van der Waals surface area contributed by atoms with Gasteiger partial charge in [-0.15, -0.1) is 0 Å².